The Balaban J connectivity index is 3.47. The number of esters is 3. The number of carbonyl (C=O) groups is 4. The summed E-state index contributed by atoms with van der Waals surface area (Å²) in [5, 5.41) is 9.82. The molecular weight excluding hydrogens is 514 g/mol. The fourth-order valence-corrected chi connectivity index (χ4v) is 4.04. The summed E-state index contributed by atoms with van der Waals surface area (Å²) in [6.45, 7) is 16.9. The minimum Gasteiger partial charge on any atom is -0.480 e. The second-order valence-corrected chi connectivity index (χ2v) is 11.5. The van der Waals surface area contributed by atoms with Crippen molar-refractivity contribution in [1.82, 2.24) is 0 Å². The monoisotopic (exact) mass is 563 g/mol. The average Bonchev–Trinajstić information content (AvgIpc) is 2.88. The number of carboxylic acids is 1. The summed E-state index contributed by atoms with van der Waals surface area (Å²) < 4.78 is 16.9. The van der Waals surface area contributed by atoms with Crippen LogP contribution >= 0.6 is 0 Å². The van der Waals surface area contributed by atoms with Crippen LogP contribution in [0.1, 0.15) is 99.5 Å². The Morgan fingerprint density at radius 3 is 1.77 bits per heavy atom. The predicted octanol–water partition coefficient (Wildman–Crippen LogP) is 5.73. The number of nitrogens with two attached hydrogens (primary N) is 1. The second-order valence-electron chi connectivity index (χ2n) is 11.5. The maximum Gasteiger partial charge on any atom is 0.321 e. The highest BCUT2D eigenvalue weighted by molar-refractivity contribution is 5.77. The first-order valence-corrected chi connectivity index (χ1v) is 14.4. The third-order valence-electron chi connectivity index (χ3n) is 7.88. The van der Waals surface area contributed by atoms with Crippen LogP contribution in [0.15, 0.2) is 18.2 Å². The summed E-state index contributed by atoms with van der Waals surface area (Å²) in [5.41, 5.74) is 6.62. The van der Waals surface area contributed by atoms with E-state index >= 15 is 0 Å². The summed E-state index contributed by atoms with van der Waals surface area (Å²) in [6.07, 6.45) is 1.28. The highest BCUT2D eigenvalue weighted by Crippen LogP contribution is 2.38. The molecule has 40 heavy (non-hydrogen) atoms. The van der Waals surface area contributed by atoms with Crippen molar-refractivity contribution in [3.05, 3.63) is 23.8 Å². The Morgan fingerprint density at radius 1 is 0.825 bits per heavy atom. The average molecular weight is 564 g/mol. The molecule has 7 atom stereocenters. The van der Waals surface area contributed by atoms with Gasteiger partial charge in [0, 0.05) is 24.7 Å². The van der Waals surface area contributed by atoms with Crippen molar-refractivity contribution >= 4 is 23.9 Å². The van der Waals surface area contributed by atoms with Crippen LogP contribution in [0.4, 0.5) is 0 Å². The lowest BCUT2D eigenvalue weighted by Gasteiger charge is -2.32. The van der Waals surface area contributed by atoms with E-state index in [2.05, 4.69) is 0 Å². The topological polar surface area (TPSA) is 142 Å². The standard InChI is InChI=1S/C31H49NO8/c1-10-18(5)14-26(33)39-24-13-12-23(16-25(24)40-27(34)15-19(6)11-2)28(29(32)30(35)36)21(8)22(9)38-31(37)20(7)17(3)4/h12-13,16-22,28-29H,10-11,14-15,32H2,1-9H3,(H,35,36)/t18?,19?,20?,21?,22?,28?,29-/m0/s1. The fraction of sp³-hybridized carbons (Fsp3) is 0.677. The predicted molar refractivity (Wildman–Crippen MR) is 153 cm³/mol. The van der Waals surface area contributed by atoms with Crippen molar-refractivity contribution in [2.75, 3.05) is 0 Å². The van der Waals surface area contributed by atoms with Gasteiger partial charge in [-0.1, -0.05) is 74.3 Å². The zero-order chi connectivity index (χ0) is 30.7. The molecule has 0 aromatic heterocycles. The Kier molecular flexibility index (Phi) is 14.3. The summed E-state index contributed by atoms with van der Waals surface area (Å²) in [7, 11) is 0. The van der Waals surface area contributed by atoms with Crippen molar-refractivity contribution in [1.29, 1.82) is 0 Å². The number of ether oxygens (including phenoxy) is 3. The van der Waals surface area contributed by atoms with Gasteiger partial charge >= 0.3 is 23.9 Å². The van der Waals surface area contributed by atoms with Crippen LogP contribution in [0, 0.1) is 29.6 Å². The molecule has 1 rings (SSSR count). The number of benzene rings is 1. The minimum atomic E-state index is -1.35. The number of carbonyl (C=O) groups excluding carboxylic acids is 3. The van der Waals surface area contributed by atoms with Gasteiger partial charge in [0.1, 0.15) is 12.1 Å². The molecule has 0 aliphatic rings. The number of hydrogen-bond acceptors (Lipinski definition) is 8. The first-order chi connectivity index (χ1) is 18.6. The van der Waals surface area contributed by atoms with Crippen molar-refractivity contribution in [2.45, 2.75) is 106 Å². The van der Waals surface area contributed by atoms with E-state index in [0.29, 0.717) is 5.56 Å². The Morgan fingerprint density at radius 2 is 1.32 bits per heavy atom. The lowest BCUT2D eigenvalue weighted by molar-refractivity contribution is -0.157. The maximum absolute atomic E-state index is 12.7. The van der Waals surface area contributed by atoms with E-state index in [1.54, 1.807) is 26.8 Å². The van der Waals surface area contributed by atoms with Crippen LogP contribution in [0.5, 0.6) is 11.5 Å². The van der Waals surface area contributed by atoms with E-state index in [1.165, 1.54) is 12.1 Å². The Hall–Kier alpha value is -2.94. The van der Waals surface area contributed by atoms with E-state index in [1.807, 2.05) is 41.5 Å². The van der Waals surface area contributed by atoms with Gasteiger partial charge in [-0.15, -0.1) is 0 Å². The van der Waals surface area contributed by atoms with Crippen LogP contribution in [-0.2, 0) is 23.9 Å². The van der Waals surface area contributed by atoms with Gasteiger partial charge in [0.2, 0.25) is 0 Å². The van der Waals surface area contributed by atoms with Crippen LogP contribution in [-0.4, -0.2) is 41.1 Å². The Labute approximate surface area is 239 Å². The molecule has 226 valence electrons. The molecule has 0 fully saturated rings. The van der Waals surface area contributed by atoms with E-state index < -0.39 is 41.9 Å². The summed E-state index contributed by atoms with van der Waals surface area (Å²) in [4.78, 5) is 49.9. The van der Waals surface area contributed by atoms with Crippen molar-refractivity contribution in [3.63, 3.8) is 0 Å². The zero-order valence-electron chi connectivity index (χ0n) is 25.6. The first kappa shape index (κ1) is 35.1. The van der Waals surface area contributed by atoms with Gasteiger partial charge in [-0.2, -0.15) is 0 Å². The minimum absolute atomic E-state index is 0.0103. The summed E-state index contributed by atoms with van der Waals surface area (Å²) in [6, 6.07) is 3.24. The molecule has 3 N–H and O–H groups in total. The number of rotatable bonds is 16. The molecule has 0 heterocycles. The number of aliphatic carboxylic acids is 1. The third kappa shape index (κ3) is 10.6. The second kappa shape index (κ2) is 16.4. The van der Waals surface area contributed by atoms with E-state index in [0.717, 1.165) is 12.8 Å². The maximum atomic E-state index is 12.7. The molecule has 0 saturated heterocycles. The molecule has 0 spiro atoms. The van der Waals surface area contributed by atoms with Crippen molar-refractivity contribution < 1.29 is 38.5 Å². The lowest BCUT2D eigenvalue weighted by Crippen LogP contribution is -2.43. The normalized spacial score (nSPS) is 16.7. The molecule has 0 amide bonds. The molecule has 1 aromatic rings. The summed E-state index contributed by atoms with van der Waals surface area (Å²) in [5.74, 6) is -3.87. The van der Waals surface area contributed by atoms with Crippen LogP contribution < -0.4 is 15.2 Å². The molecule has 0 aliphatic carbocycles. The molecule has 9 nitrogen and oxygen atoms in total. The molecule has 1 aromatic carbocycles. The van der Waals surface area contributed by atoms with E-state index in [9.17, 15) is 24.3 Å². The van der Waals surface area contributed by atoms with Crippen molar-refractivity contribution in [3.8, 4) is 11.5 Å². The van der Waals surface area contributed by atoms with Gasteiger partial charge < -0.3 is 25.1 Å². The van der Waals surface area contributed by atoms with E-state index in [4.69, 9.17) is 19.9 Å². The van der Waals surface area contributed by atoms with Gasteiger partial charge in [0.25, 0.3) is 0 Å². The lowest BCUT2D eigenvalue weighted by atomic mass is 9.79. The molecule has 6 unspecified atom stereocenters. The number of carboxylic acid groups (broad SMARTS) is 1. The highest BCUT2D eigenvalue weighted by atomic mass is 16.6. The van der Waals surface area contributed by atoms with Gasteiger partial charge in [-0.25, -0.2) is 0 Å². The molecule has 0 saturated carbocycles. The van der Waals surface area contributed by atoms with Crippen LogP contribution in [0.3, 0.4) is 0 Å². The van der Waals surface area contributed by atoms with Gasteiger partial charge in [0.15, 0.2) is 11.5 Å². The molecule has 9 heteroatoms. The zero-order valence-corrected chi connectivity index (χ0v) is 25.6. The molecule has 0 radical (unpaired) electrons. The van der Waals surface area contributed by atoms with Gasteiger partial charge in [-0.3, -0.25) is 19.2 Å². The van der Waals surface area contributed by atoms with Crippen molar-refractivity contribution in [2.24, 2.45) is 35.3 Å². The smallest absolute Gasteiger partial charge is 0.321 e. The quantitative estimate of drug-likeness (QED) is 0.190. The van der Waals surface area contributed by atoms with Crippen LogP contribution in [0.2, 0.25) is 0 Å². The molecule has 0 bridgehead atoms. The van der Waals surface area contributed by atoms with Gasteiger partial charge in [-0.05, 0) is 42.4 Å². The largest absolute Gasteiger partial charge is 0.480 e. The molecule has 0 aliphatic heterocycles. The fourth-order valence-electron chi connectivity index (χ4n) is 4.04. The van der Waals surface area contributed by atoms with E-state index in [-0.39, 0.29) is 54.0 Å². The highest BCUT2D eigenvalue weighted by Gasteiger charge is 2.36. The van der Waals surface area contributed by atoms with Gasteiger partial charge in [0.05, 0.1) is 5.92 Å². The Bertz CT molecular complexity index is 1010. The SMILES string of the molecule is CCC(C)CC(=O)Oc1ccc(C(C(C)C(C)OC(=O)C(C)C(C)C)[C@H](N)C(=O)O)cc1OC(=O)CC(C)CC. The summed E-state index contributed by atoms with van der Waals surface area (Å²) >= 11 is 0. The number of hydrogen-bond donors (Lipinski definition) is 2. The first-order valence-electron chi connectivity index (χ1n) is 14.4. The van der Waals surface area contributed by atoms with Crippen LogP contribution in [0.25, 0.3) is 0 Å². The molecular formula is C31H49NO8. The third-order valence-corrected chi connectivity index (χ3v) is 7.88.